The monoisotopic (exact) mass is 291 g/mol. The normalized spacial score (nSPS) is 16.8. The average Bonchev–Trinajstić information content (AvgIpc) is 2.93. The summed E-state index contributed by atoms with van der Waals surface area (Å²) in [4.78, 5) is 28.6. The molecule has 0 saturated carbocycles. The fourth-order valence-electron chi connectivity index (χ4n) is 2.73. The average molecular weight is 291 g/mol. The number of urea groups is 1. The van der Waals surface area contributed by atoms with E-state index >= 15 is 0 Å². The van der Waals surface area contributed by atoms with Gasteiger partial charge in [0.25, 0.3) is 0 Å². The molecule has 0 radical (unpaired) electrons. The second kappa shape index (κ2) is 6.11. The molecule has 1 saturated heterocycles. The minimum Gasteiger partial charge on any atom is -0.477 e. The lowest BCUT2D eigenvalue weighted by Gasteiger charge is -2.26. The molecule has 6 nitrogen and oxygen atoms in total. The van der Waals surface area contributed by atoms with E-state index in [1.165, 1.54) is 12.3 Å². The molecule has 0 aliphatic carbocycles. The summed E-state index contributed by atoms with van der Waals surface area (Å²) in [5, 5.41) is 11.6. The maximum absolute atomic E-state index is 12.2. The number of likely N-dealkylation sites (tertiary alicyclic amines) is 1. The Bertz CT molecular complexity index is 523. The van der Waals surface area contributed by atoms with E-state index in [9.17, 15) is 9.59 Å². The fourth-order valence-corrected chi connectivity index (χ4v) is 2.73. The minimum absolute atomic E-state index is 0.0369. The maximum Gasteiger partial charge on any atom is 0.354 e. The molecule has 2 heterocycles. The molecule has 1 aliphatic heterocycles. The van der Waals surface area contributed by atoms with Crippen molar-refractivity contribution >= 4 is 17.7 Å². The van der Waals surface area contributed by atoms with Crippen LogP contribution >= 0.6 is 0 Å². The van der Waals surface area contributed by atoms with Crippen molar-refractivity contribution in [2.75, 3.05) is 18.4 Å². The number of pyridine rings is 1. The Hall–Kier alpha value is -2.11. The number of anilines is 1. The van der Waals surface area contributed by atoms with Crippen LogP contribution in [-0.4, -0.2) is 40.1 Å². The number of aromatic carboxylic acids is 1. The topological polar surface area (TPSA) is 82.5 Å². The van der Waals surface area contributed by atoms with Crippen molar-refractivity contribution in [1.82, 2.24) is 9.88 Å². The first-order chi connectivity index (χ1) is 9.99. The summed E-state index contributed by atoms with van der Waals surface area (Å²) in [7, 11) is 0. The van der Waals surface area contributed by atoms with E-state index in [4.69, 9.17) is 5.11 Å². The quantitative estimate of drug-likeness (QED) is 0.893. The van der Waals surface area contributed by atoms with Crippen LogP contribution in [0.4, 0.5) is 10.5 Å². The lowest BCUT2D eigenvalue weighted by molar-refractivity contribution is 0.0690. The van der Waals surface area contributed by atoms with Crippen LogP contribution < -0.4 is 5.32 Å². The van der Waals surface area contributed by atoms with Crippen molar-refractivity contribution in [2.24, 2.45) is 5.41 Å². The van der Waals surface area contributed by atoms with Crippen LogP contribution in [0.3, 0.4) is 0 Å². The standard InChI is InChI=1S/C15H21N3O3/c1-3-15(4-2)7-8-18(10-15)14(21)17-11-5-6-12(13(19)20)16-9-11/h5-6,9H,3-4,7-8,10H2,1-2H3,(H,17,21)(H,19,20). The number of rotatable bonds is 4. The number of carboxylic acid groups (broad SMARTS) is 1. The Morgan fingerprint density at radius 2 is 2.10 bits per heavy atom. The summed E-state index contributed by atoms with van der Waals surface area (Å²) in [6, 6.07) is 2.78. The molecule has 0 atom stereocenters. The van der Waals surface area contributed by atoms with Crippen molar-refractivity contribution in [1.29, 1.82) is 0 Å². The number of aromatic nitrogens is 1. The number of carbonyl (C=O) groups is 2. The van der Waals surface area contributed by atoms with Gasteiger partial charge in [-0.05, 0) is 36.8 Å². The van der Waals surface area contributed by atoms with Crippen LogP contribution in [0.25, 0.3) is 0 Å². The van der Waals surface area contributed by atoms with Gasteiger partial charge in [-0.15, -0.1) is 0 Å². The van der Waals surface area contributed by atoms with Crippen LogP contribution in [0.5, 0.6) is 0 Å². The van der Waals surface area contributed by atoms with Gasteiger partial charge < -0.3 is 15.3 Å². The summed E-state index contributed by atoms with van der Waals surface area (Å²) in [6.07, 6.45) is 4.54. The minimum atomic E-state index is -1.08. The molecule has 21 heavy (non-hydrogen) atoms. The van der Waals surface area contributed by atoms with Gasteiger partial charge in [0.2, 0.25) is 0 Å². The molecule has 6 heteroatoms. The smallest absolute Gasteiger partial charge is 0.354 e. The van der Waals surface area contributed by atoms with Crippen LogP contribution in [0.15, 0.2) is 18.3 Å². The number of amides is 2. The third-order valence-corrected chi connectivity index (χ3v) is 4.46. The van der Waals surface area contributed by atoms with Gasteiger partial charge in [-0.3, -0.25) is 0 Å². The first-order valence-corrected chi connectivity index (χ1v) is 7.25. The Labute approximate surface area is 124 Å². The zero-order chi connectivity index (χ0) is 15.5. The van der Waals surface area contributed by atoms with Gasteiger partial charge in [0.1, 0.15) is 5.69 Å². The van der Waals surface area contributed by atoms with Crippen molar-refractivity contribution in [3.05, 3.63) is 24.0 Å². The summed E-state index contributed by atoms with van der Waals surface area (Å²) in [5.74, 6) is -1.08. The van der Waals surface area contributed by atoms with Gasteiger partial charge >= 0.3 is 12.0 Å². The maximum atomic E-state index is 12.2. The molecule has 0 spiro atoms. The Balaban J connectivity index is 1.97. The summed E-state index contributed by atoms with van der Waals surface area (Å²) in [5.41, 5.74) is 0.712. The number of carbonyl (C=O) groups excluding carboxylic acids is 1. The molecule has 1 aromatic rings. The van der Waals surface area contributed by atoms with Crippen molar-refractivity contribution in [2.45, 2.75) is 33.1 Å². The van der Waals surface area contributed by atoms with Gasteiger partial charge in [-0.1, -0.05) is 13.8 Å². The van der Waals surface area contributed by atoms with Gasteiger partial charge in [0.15, 0.2) is 0 Å². The predicted molar refractivity (Wildman–Crippen MR) is 79.4 cm³/mol. The molecule has 0 unspecified atom stereocenters. The van der Waals surface area contributed by atoms with E-state index in [0.717, 1.165) is 32.4 Å². The zero-order valence-corrected chi connectivity index (χ0v) is 12.4. The van der Waals surface area contributed by atoms with Gasteiger partial charge in [0, 0.05) is 13.1 Å². The van der Waals surface area contributed by atoms with E-state index in [1.807, 2.05) is 4.90 Å². The van der Waals surface area contributed by atoms with Crippen LogP contribution in [0.2, 0.25) is 0 Å². The van der Waals surface area contributed by atoms with Crippen LogP contribution in [0, 0.1) is 5.41 Å². The van der Waals surface area contributed by atoms with Gasteiger partial charge in [-0.2, -0.15) is 0 Å². The second-order valence-corrected chi connectivity index (χ2v) is 5.55. The lowest BCUT2D eigenvalue weighted by Crippen LogP contribution is -2.35. The predicted octanol–water partition coefficient (Wildman–Crippen LogP) is 2.82. The first-order valence-electron chi connectivity index (χ1n) is 7.25. The van der Waals surface area contributed by atoms with Crippen LogP contribution in [-0.2, 0) is 0 Å². The summed E-state index contributed by atoms with van der Waals surface area (Å²) in [6.45, 7) is 5.86. The van der Waals surface area contributed by atoms with E-state index in [-0.39, 0.29) is 17.1 Å². The lowest BCUT2D eigenvalue weighted by atomic mass is 9.82. The fraction of sp³-hybridized carbons (Fsp3) is 0.533. The Kier molecular flexibility index (Phi) is 4.45. The molecule has 114 valence electrons. The Morgan fingerprint density at radius 3 is 2.57 bits per heavy atom. The number of hydrogen-bond donors (Lipinski definition) is 2. The van der Waals surface area contributed by atoms with Gasteiger partial charge in [0.05, 0.1) is 11.9 Å². The Morgan fingerprint density at radius 1 is 1.38 bits per heavy atom. The van der Waals surface area contributed by atoms with E-state index in [0.29, 0.717) is 5.69 Å². The highest BCUT2D eigenvalue weighted by Crippen LogP contribution is 2.37. The van der Waals surface area contributed by atoms with Crippen molar-refractivity contribution in [3.8, 4) is 0 Å². The molecule has 2 N–H and O–H groups in total. The second-order valence-electron chi connectivity index (χ2n) is 5.55. The first kappa shape index (κ1) is 15.3. The number of carboxylic acids is 1. The molecule has 0 aromatic carbocycles. The third kappa shape index (κ3) is 3.32. The van der Waals surface area contributed by atoms with Crippen LogP contribution in [0.1, 0.15) is 43.6 Å². The molecule has 1 aliphatic rings. The number of nitrogens with zero attached hydrogens (tertiary/aromatic N) is 2. The number of nitrogens with one attached hydrogen (secondary N) is 1. The molecular formula is C15H21N3O3. The largest absolute Gasteiger partial charge is 0.477 e. The highest BCUT2D eigenvalue weighted by Gasteiger charge is 2.36. The summed E-state index contributed by atoms with van der Waals surface area (Å²) >= 11 is 0. The zero-order valence-electron chi connectivity index (χ0n) is 12.4. The van der Waals surface area contributed by atoms with E-state index in [2.05, 4.69) is 24.1 Å². The molecule has 1 aromatic heterocycles. The van der Waals surface area contributed by atoms with E-state index in [1.54, 1.807) is 6.07 Å². The molecular weight excluding hydrogens is 270 g/mol. The molecule has 1 fully saturated rings. The summed E-state index contributed by atoms with van der Waals surface area (Å²) < 4.78 is 0. The molecule has 2 rings (SSSR count). The van der Waals surface area contributed by atoms with Gasteiger partial charge in [-0.25, -0.2) is 14.6 Å². The molecule has 0 bridgehead atoms. The highest BCUT2D eigenvalue weighted by molar-refractivity contribution is 5.90. The van der Waals surface area contributed by atoms with E-state index < -0.39 is 5.97 Å². The third-order valence-electron chi connectivity index (χ3n) is 4.46. The SMILES string of the molecule is CCC1(CC)CCN(C(=O)Nc2ccc(C(=O)O)nc2)C1. The highest BCUT2D eigenvalue weighted by atomic mass is 16.4. The molecule has 2 amide bonds. The number of hydrogen-bond acceptors (Lipinski definition) is 3. The van der Waals surface area contributed by atoms with Crippen molar-refractivity contribution in [3.63, 3.8) is 0 Å². The van der Waals surface area contributed by atoms with Crippen molar-refractivity contribution < 1.29 is 14.7 Å².